The van der Waals surface area contributed by atoms with E-state index in [2.05, 4.69) is 6.07 Å². The number of nitrogens with zero attached hydrogens (tertiary/aromatic N) is 2. The summed E-state index contributed by atoms with van der Waals surface area (Å²) in [7, 11) is 0. The van der Waals surface area contributed by atoms with E-state index in [9.17, 15) is 9.59 Å². The number of benzene rings is 2. The molecule has 1 fully saturated rings. The summed E-state index contributed by atoms with van der Waals surface area (Å²) in [5, 5.41) is 0.722. The number of fused-ring (bicyclic) bond motifs is 1. The van der Waals surface area contributed by atoms with Gasteiger partial charge < -0.3 is 9.64 Å². The van der Waals surface area contributed by atoms with Crippen LogP contribution in [-0.2, 0) is 9.53 Å². The highest BCUT2D eigenvalue weighted by Gasteiger charge is 2.24. The first kappa shape index (κ1) is 21.0. The fourth-order valence-electron chi connectivity index (χ4n) is 4.34. The average molecular weight is 417 g/mol. The van der Waals surface area contributed by atoms with Crippen LogP contribution >= 0.6 is 0 Å². The zero-order valence-corrected chi connectivity index (χ0v) is 18.4. The van der Waals surface area contributed by atoms with Crippen molar-refractivity contribution in [2.45, 2.75) is 46.1 Å². The fraction of sp³-hybridized carbons (Fsp3) is 0.346. The largest absolute Gasteiger partial charge is 0.452 e. The Kier molecular flexibility index (Phi) is 6.03. The summed E-state index contributed by atoms with van der Waals surface area (Å²) in [4.78, 5) is 32.2. The van der Waals surface area contributed by atoms with Crippen LogP contribution in [0.15, 0.2) is 48.5 Å². The summed E-state index contributed by atoms with van der Waals surface area (Å²) < 4.78 is 5.48. The lowest BCUT2D eigenvalue weighted by atomic mass is 9.99. The van der Waals surface area contributed by atoms with Crippen molar-refractivity contribution in [3.05, 3.63) is 65.2 Å². The molecule has 160 valence electrons. The molecule has 1 aliphatic heterocycles. The predicted molar refractivity (Wildman–Crippen MR) is 122 cm³/mol. The van der Waals surface area contributed by atoms with E-state index in [1.165, 1.54) is 5.56 Å². The molecule has 3 aromatic rings. The molecule has 1 saturated heterocycles. The third-order valence-corrected chi connectivity index (χ3v) is 6.04. The average Bonchev–Trinajstić information content (AvgIpc) is 2.77. The number of likely N-dealkylation sites (tertiary alicyclic amines) is 1. The van der Waals surface area contributed by atoms with Crippen molar-refractivity contribution in [2.75, 3.05) is 13.2 Å². The Bertz CT molecular complexity index is 1140. The van der Waals surface area contributed by atoms with Crippen LogP contribution in [0.1, 0.15) is 47.7 Å². The number of piperidine rings is 1. The van der Waals surface area contributed by atoms with Gasteiger partial charge in [0.05, 0.1) is 16.8 Å². The third kappa shape index (κ3) is 4.46. The summed E-state index contributed by atoms with van der Waals surface area (Å²) >= 11 is 0. The lowest BCUT2D eigenvalue weighted by Crippen LogP contribution is -2.44. The standard InChI is InChI=1S/C26H28N2O3/c1-17-11-12-20(18(2)14-17)24-15-22(21-9-4-5-10-23(21)27-24)26(30)31-16-25(29)28-13-7-6-8-19(28)3/h4-5,9-12,14-15,19H,6-8,13,16H2,1-3H3. The van der Waals surface area contributed by atoms with Crippen LogP contribution < -0.4 is 0 Å². The minimum absolute atomic E-state index is 0.131. The van der Waals surface area contributed by atoms with E-state index >= 15 is 0 Å². The zero-order valence-electron chi connectivity index (χ0n) is 18.4. The predicted octanol–water partition coefficient (Wildman–Crippen LogP) is 5.08. The van der Waals surface area contributed by atoms with Gasteiger partial charge in [0, 0.05) is 23.5 Å². The number of esters is 1. The maximum Gasteiger partial charge on any atom is 0.339 e. The molecule has 1 aromatic heterocycles. The molecule has 0 radical (unpaired) electrons. The van der Waals surface area contributed by atoms with Crippen molar-refractivity contribution in [2.24, 2.45) is 0 Å². The normalized spacial score (nSPS) is 16.4. The summed E-state index contributed by atoms with van der Waals surface area (Å²) in [6, 6.07) is 15.7. The summed E-state index contributed by atoms with van der Waals surface area (Å²) in [6.45, 7) is 6.62. The quantitative estimate of drug-likeness (QED) is 0.557. The van der Waals surface area contributed by atoms with Crippen LogP contribution in [0.5, 0.6) is 0 Å². The molecule has 4 rings (SSSR count). The van der Waals surface area contributed by atoms with Gasteiger partial charge in [-0.2, -0.15) is 0 Å². The molecule has 0 aliphatic carbocycles. The number of carbonyl (C=O) groups excluding carboxylic acids is 2. The molecule has 0 bridgehead atoms. The number of ether oxygens (including phenoxy) is 1. The van der Waals surface area contributed by atoms with Crippen LogP contribution in [0.3, 0.4) is 0 Å². The van der Waals surface area contributed by atoms with Crippen LogP contribution in [0, 0.1) is 13.8 Å². The number of hydrogen-bond donors (Lipinski definition) is 0. The van der Waals surface area contributed by atoms with Gasteiger partial charge in [0.1, 0.15) is 0 Å². The van der Waals surface area contributed by atoms with E-state index in [-0.39, 0.29) is 18.6 Å². The minimum Gasteiger partial charge on any atom is -0.452 e. The second kappa shape index (κ2) is 8.88. The lowest BCUT2D eigenvalue weighted by Gasteiger charge is -2.33. The SMILES string of the molecule is Cc1ccc(-c2cc(C(=O)OCC(=O)N3CCCCC3C)c3ccccc3n2)c(C)c1. The fourth-order valence-corrected chi connectivity index (χ4v) is 4.34. The molecule has 5 nitrogen and oxygen atoms in total. The van der Waals surface area contributed by atoms with E-state index in [0.29, 0.717) is 5.56 Å². The maximum absolute atomic E-state index is 13.0. The number of carbonyl (C=O) groups is 2. The van der Waals surface area contributed by atoms with Crippen LogP contribution in [-0.4, -0.2) is 41.0 Å². The Balaban J connectivity index is 1.63. The van der Waals surface area contributed by atoms with Crippen molar-refractivity contribution in [3.63, 3.8) is 0 Å². The van der Waals surface area contributed by atoms with E-state index < -0.39 is 5.97 Å². The molecular formula is C26H28N2O3. The summed E-state index contributed by atoms with van der Waals surface area (Å²) in [5.41, 5.74) is 5.12. The number of aryl methyl sites for hydroxylation is 2. The Morgan fingerprint density at radius 3 is 2.68 bits per heavy atom. The number of pyridine rings is 1. The zero-order chi connectivity index (χ0) is 22.0. The molecule has 0 spiro atoms. The van der Waals surface area contributed by atoms with Crippen LogP contribution in [0.2, 0.25) is 0 Å². The van der Waals surface area contributed by atoms with Gasteiger partial charge in [-0.05, 0) is 57.7 Å². The third-order valence-electron chi connectivity index (χ3n) is 6.04. The van der Waals surface area contributed by atoms with Crippen molar-refractivity contribution >= 4 is 22.8 Å². The second-order valence-corrected chi connectivity index (χ2v) is 8.40. The molecule has 1 amide bonds. The monoisotopic (exact) mass is 416 g/mol. The first-order valence-electron chi connectivity index (χ1n) is 10.9. The molecule has 2 heterocycles. The Labute approximate surface area is 183 Å². The number of amides is 1. The van der Waals surface area contributed by atoms with Gasteiger partial charge in [0.15, 0.2) is 6.61 Å². The van der Waals surface area contributed by atoms with E-state index in [4.69, 9.17) is 9.72 Å². The minimum atomic E-state index is -0.498. The molecule has 1 aliphatic rings. The maximum atomic E-state index is 13.0. The number of rotatable bonds is 4. The van der Waals surface area contributed by atoms with Crippen LogP contribution in [0.25, 0.3) is 22.2 Å². The van der Waals surface area contributed by atoms with Crippen LogP contribution in [0.4, 0.5) is 0 Å². The molecule has 31 heavy (non-hydrogen) atoms. The molecule has 0 saturated carbocycles. The lowest BCUT2D eigenvalue weighted by molar-refractivity contribution is -0.137. The Morgan fingerprint density at radius 2 is 1.90 bits per heavy atom. The van der Waals surface area contributed by atoms with E-state index in [1.807, 2.05) is 62.1 Å². The highest BCUT2D eigenvalue weighted by Crippen LogP contribution is 2.28. The van der Waals surface area contributed by atoms with Gasteiger partial charge in [0.2, 0.25) is 0 Å². The van der Waals surface area contributed by atoms with Crippen molar-refractivity contribution < 1.29 is 14.3 Å². The van der Waals surface area contributed by atoms with Gasteiger partial charge >= 0.3 is 5.97 Å². The van der Waals surface area contributed by atoms with Gasteiger partial charge in [-0.25, -0.2) is 9.78 Å². The topological polar surface area (TPSA) is 59.5 Å². The molecule has 2 aromatic carbocycles. The molecule has 5 heteroatoms. The summed E-state index contributed by atoms with van der Waals surface area (Å²) in [6.07, 6.45) is 3.13. The molecule has 0 N–H and O–H groups in total. The van der Waals surface area contributed by atoms with Crippen molar-refractivity contribution in [1.82, 2.24) is 9.88 Å². The smallest absolute Gasteiger partial charge is 0.339 e. The van der Waals surface area contributed by atoms with Gasteiger partial charge in [-0.15, -0.1) is 0 Å². The van der Waals surface area contributed by atoms with Crippen molar-refractivity contribution in [3.8, 4) is 11.3 Å². The number of para-hydroxylation sites is 1. The second-order valence-electron chi connectivity index (χ2n) is 8.40. The molecular weight excluding hydrogens is 388 g/mol. The highest BCUT2D eigenvalue weighted by molar-refractivity contribution is 6.05. The molecule has 1 atom stereocenters. The van der Waals surface area contributed by atoms with Gasteiger partial charge in [0.25, 0.3) is 5.91 Å². The highest BCUT2D eigenvalue weighted by atomic mass is 16.5. The van der Waals surface area contributed by atoms with Crippen molar-refractivity contribution in [1.29, 1.82) is 0 Å². The number of aromatic nitrogens is 1. The first-order valence-corrected chi connectivity index (χ1v) is 10.9. The molecule has 1 unspecified atom stereocenters. The Morgan fingerprint density at radius 1 is 1.10 bits per heavy atom. The van der Waals surface area contributed by atoms with E-state index in [0.717, 1.165) is 53.5 Å². The van der Waals surface area contributed by atoms with Gasteiger partial charge in [-0.1, -0.05) is 42.0 Å². The van der Waals surface area contributed by atoms with Gasteiger partial charge in [-0.3, -0.25) is 4.79 Å². The number of hydrogen-bond acceptors (Lipinski definition) is 4. The Hall–Kier alpha value is -3.21. The first-order chi connectivity index (χ1) is 14.9. The van der Waals surface area contributed by atoms with E-state index in [1.54, 1.807) is 6.07 Å². The summed E-state index contributed by atoms with van der Waals surface area (Å²) in [5.74, 6) is -0.629.